The summed E-state index contributed by atoms with van der Waals surface area (Å²) < 4.78 is 1.05. The van der Waals surface area contributed by atoms with Gasteiger partial charge in [0, 0.05) is 22.1 Å². The second-order valence-electron chi connectivity index (χ2n) is 5.24. The van der Waals surface area contributed by atoms with E-state index in [0.29, 0.717) is 6.42 Å². The Kier molecular flexibility index (Phi) is 4.26. The van der Waals surface area contributed by atoms with Gasteiger partial charge in [-0.2, -0.15) is 0 Å². The van der Waals surface area contributed by atoms with Crippen molar-refractivity contribution in [2.75, 3.05) is 0 Å². The van der Waals surface area contributed by atoms with Crippen molar-refractivity contribution in [3.63, 3.8) is 0 Å². The van der Waals surface area contributed by atoms with Crippen molar-refractivity contribution in [1.29, 1.82) is 0 Å². The average Bonchev–Trinajstić information content (AvgIpc) is 2.85. The van der Waals surface area contributed by atoms with E-state index < -0.39 is 6.10 Å². The second-order valence-corrected chi connectivity index (χ2v) is 8.68. The zero-order valence-corrected chi connectivity index (χ0v) is 13.8. The largest absolute Gasteiger partial charge is 0.387 e. The van der Waals surface area contributed by atoms with Crippen LogP contribution in [0.15, 0.2) is 21.3 Å². The first-order valence-electron chi connectivity index (χ1n) is 5.74. The minimum Gasteiger partial charge on any atom is -0.387 e. The number of hydrogen-bond donors (Lipinski definition) is 1. The molecule has 0 radical (unpaired) electrons. The third kappa shape index (κ3) is 3.41. The zero-order chi connectivity index (χ0) is 13.3. The number of aromatic nitrogens is 1. The van der Waals surface area contributed by atoms with Gasteiger partial charge in [0.25, 0.3) is 0 Å². The maximum atomic E-state index is 10.2. The van der Waals surface area contributed by atoms with Gasteiger partial charge in [-0.3, -0.25) is 0 Å². The molecule has 2 aromatic heterocycles. The van der Waals surface area contributed by atoms with Crippen LogP contribution in [0.25, 0.3) is 0 Å². The fraction of sp³-hybridized carbons (Fsp3) is 0.462. The first-order chi connectivity index (χ1) is 8.36. The number of aliphatic hydroxyl groups is 1. The smallest absolute Gasteiger partial charge is 0.0958 e. The van der Waals surface area contributed by atoms with Crippen LogP contribution in [0.4, 0.5) is 0 Å². The van der Waals surface area contributed by atoms with Crippen LogP contribution in [-0.4, -0.2) is 10.1 Å². The molecule has 0 aliphatic carbocycles. The van der Waals surface area contributed by atoms with E-state index in [9.17, 15) is 5.11 Å². The van der Waals surface area contributed by atoms with Crippen LogP contribution in [0.3, 0.4) is 0 Å². The molecule has 0 aliphatic rings. The number of rotatable bonds is 3. The van der Waals surface area contributed by atoms with Gasteiger partial charge in [-0.15, -0.1) is 22.7 Å². The summed E-state index contributed by atoms with van der Waals surface area (Å²) in [6.45, 7) is 6.45. The molecule has 0 amide bonds. The SMILES string of the molecule is CC(C)(C)c1csc(CC(O)c2ccc(Br)s2)n1. The van der Waals surface area contributed by atoms with E-state index in [0.717, 1.165) is 19.4 Å². The number of aliphatic hydroxyl groups excluding tert-OH is 1. The van der Waals surface area contributed by atoms with Gasteiger partial charge in [0.15, 0.2) is 0 Å². The minimum absolute atomic E-state index is 0.0751. The normalized spacial score (nSPS) is 13.8. The Morgan fingerprint density at radius 1 is 1.39 bits per heavy atom. The quantitative estimate of drug-likeness (QED) is 0.885. The number of hydrogen-bond acceptors (Lipinski definition) is 4. The van der Waals surface area contributed by atoms with E-state index in [4.69, 9.17) is 0 Å². The maximum Gasteiger partial charge on any atom is 0.0958 e. The maximum absolute atomic E-state index is 10.2. The summed E-state index contributed by atoms with van der Waals surface area (Å²) in [7, 11) is 0. The molecule has 0 saturated carbocycles. The highest BCUT2D eigenvalue weighted by Gasteiger charge is 2.19. The number of thiazole rings is 1. The molecule has 1 unspecified atom stereocenters. The van der Waals surface area contributed by atoms with Gasteiger partial charge in [0.2, 0.25) is 0 Å². The van der Waals surface area contributed by atoms with Crippen LogP contribution in [0.1, 0.15) is 42.5 Å². The fourth-order valence-corrected chi connectivity index (χ4v) is 3.99. The van der Waals surface area contributed by atoms with E-state index in [2.05, 4.69) is 47.1 Å². The highest BCUT2D eigenvalue weighted by atomic mass is 79.9. The molecule has 0 fully saturated rings. The molecule has 98 valence electrons. The standard InChI is InChI=1S/C13H16BrNOS2/c1-13(2,3)10-7-17-12(15-10)6-8(16)9-4-5-11(14)18-9/h4-5,7-8,16H,6H2,1-3H3. The Morgan fingerprint density at radius 2 is 2.11 bits per heavy atom. The van der Waals surface area contributed by atoms with Crippen molar-refractivity contribution in [3.05, 3.63) is 36.9 Å². The first-order valence-corrected chi connectivity index (χ1v) is 8.23. The predicted octanol–water partition coefficient (Wildman–Crippen LogP) is 4.54. The summed E-state index contributed by atoms with van der Waals surface area (Å²) in [5.41, 5.74) is 1.17. The predicted molar refractivity (Wildman–Crippen MR) is 81.5 cm³/mol. The van der Waals surface area contributed by atoms with Crippen molar-refractivity contribution < 1.29 is 5.11 Å². The molecule has 0 aliphatic heterocycles. The van der Waals surface area contributed by atoms with E-state index in [1.165, 1.54) is 0 Å². The molecule has 2 aromatic rings. The van der Waals surface area contributed by atoms with Crippen LogP contribution in [0.2, 0.25) is 0 Å². The van der Waals surface area contributed by atoms with Crippen LogP contribution in [-0.2, 0) is 11.8 Å². The lowest BCUT2D eigenvalue weighted by Gasteiger charge is -2.14. The van der Waals surface area contributed by atoms with E-state index >= 15 is 0 Å². The molecule has 18 heavy (non-hydrogen) atoms. The second kappa shape index (κ2) is 5.41. The summed E-state index contributed by atoms with van der Waals surface area (Å²) in [6.07, 6.45) is 0.133. The topological polar surface area (TPSA) is 33.1 Å². The first kappa shape index (κ1) is 14.2. The Morgan fingerprint density at radius 3 is 2.61 bits per heavy atom. The summed E-state index contributed by atoms with van der Waals surface area (Å²) >= 11 is 6.61. The molecule has 1 atom stereocenters. The fourth-order valence-electron chi connectivity index (χ4n) is 1.52. The third-order valence-electron chi connectivity index (χ3n) is 2.61. The van der Waals surface area contributed by atoms with Gasteiger partial charge in [0.05, 0.1) is 20.6 Å². The van der Waals surface area contributed by atoms with Gasteiger partial charge >= 0.3 is 0 Å². The summed E-state index contributed by atoms with van der Waals surface area (Å²) in [4.78, 5) is 5.59. The highest BCUT2D eigenvalue weighted by molar-refractivity contribution is 9.11. The van der Waals surface area contributed by atoms with Crippen molar-refractivity contribution >= 4 is 38.6 Å². The molecule has 1 N–H and O–H groups in total. The molecular weight excluding hydrogens is 330 g/mol. The van der Waals surface area contributed by atoms with Gasteiger partial charge < -0.3 is 5.11 Å². The average molecular weight is 346 g/mol. The van der Waals surface area contributed by atoms with E-state index in [1.54, 1.807) is 22.7 Å². The van der Waals surface area contributed by atoms with Gasteiger partial charge in [-0.1, -0.05) is 20.8 Å². The monoisotopic (exact) mass is 345 g/mol. The number of halogens is 1. The van der Waals surface area contributed by atoms with Crippen molar-refractivity contribution in [2.45, 2.75) is 38.7 Å². The van der Waals surface area contributed by atoms with Crippen molar-refractivity contribution in [1.82, 2.24) is 4.98 Å². The molecule has 0 aromatic carbocycles. The summed E-state index contributed by atoms with van der Waals surface area (Å²) in [5.74, 6) is 0. The summed E-state index contributed by atoms with van der Waals surface area (Å²) in [6, 6.07) is 3.92. The molecule has 5 heteroatoms. The molecule has 0 bridgehead atoms. The van der Waals surface area contributed by atoms with E-state index in [1.807, 2.05) is 12.1 Å². The van der Waals surface area contributed by atoms with Crippen LogP contribution in [0.5, 0.6) is 0 Å². The Hall–Kier alpha value is -0.230. The number of thiophene rings is 1. The third-order valence-corrected chi connectivity index (χ3v) is 5.21. The molecule has 2 heterocycles. The molecule has 2 rings (SSSR count). The van der Waals surface area contributed by atoms with E-state index in [-0.39, 0.29) is 5.41 Å². The minimum atomic E-state index is -0.458. The van der Waals surface area contributed by atoms with Gasteiger partial charge in [0.1, 0.15) is 0 Å². The molecule has 0 spiro atoms. The van der Waals surface area contributed by atoms with Crippen molar-refractivity contribution in [3.8, 4) is 0 Å². The Balaban J connectivity index is 2.08. The van der Waals surface area contributed by atoms with Crippen LogP contribution < -0.4 is 0 Å². The lowest BCUT2D eigenvalue weighted by atomic mass is 9.93. The highest BCUT2D eigenvalue weighted by Crippen LogP contribution is 2.31. The van der Waals surface area contributed by atoms with Crippen LogP contribution >= 0.6 is 38.6 Å². The van der Waals surface area contributed by atoms with Gasteiger partial charge in [-0.25, -0.2) is 4.98 Å². The molecule has 2 nitrogen and oxygen atoms in total. The van der Waals surface area contributed by atoms with Crippen LogP contribution in [0, 0.1) is 0 Å². The zero-order valence-electron chi connectivity index (χ0n) is 10.6. The number of nitrogens with zero attached hydrogens (tertiary/aromatic N) is 1. The lowest BCUT2D eigenvalue weighted by molar-refractivity contribution is 0.182. The van der Waals surface area contributed by atoms with Crippen molar-refractivity contribution in [2.24, 2.45) is 0 Å². The molecule has 0 saturated heterocycles. The molecular formula is C13H16BrNOS2. The Labute approximate surface area is 124 Å². The lowest BCUT2D eigenvalue weighted by Crippen LogP contribution is -2.11. The summed E-state index contributed by atoms with van der Waals surface area (Å²) in [5, 5.41) is 13.2. The van der Waals surface area contributed by atoms with Gasteiger partial charge in [-0.05, 0) is 28.1 Å². The Bertz CT molecular complexity index is 527.